The van der Waals surface area contributed by atoms with Crippen molar-refractivity contribution in [2.45, 2.75) is 25.2 Å². The van der Waals surface area contributed by atoms with Gasteiger partial charge in [0.15, 0.2) is 0 Å². The summed E-state index contributed by atoms with van der Waals surface area (Å²) in [4.78, 5) is 20.9. The van der Waals surface area contributed by atoms with Crippen molar-refractivity contribution < 1.29 is 18.3 Å². The number of anilines is 1. The molecule has 3 N–H and O–H groups in total. The summed E-state index contributed by atoms with van der Waals surface area (Å²) < 4.78 is 36.3. The molecule has 5 rings (SSSR count). The van der Waals surface area contributed by atoms with Gasteiger partial charge in [-0.25, -0.2) is 4.98 Å². The number of aromatic amines is 1. The minimum Gasteiger partial charge on any atom is -0.379 e. The second kappa shape index (κ2) is 10.3. The number of nitrogens with two attached hydrogens (primary N) is 1. The van der Waals surface area contributed by atoms with Crippen molar-refractivity contribution in [2.75, 3.05) is 50.8 Å². The zero-order valence-corrected chi connectivity index (χ0v) is 20.1. The number of amides is 1. The number of aromatic nitrogens is 3. The Labute approximate surface area is 208 Å². The van der Waals surface area contributed by atoms with Crippen LogP contribution in [0.3, 0.4) is 0 Å². The molecule has 0 spiro atoms. The third kappa shape index (κ3) is 5.10. The Hall–Kier alpha value is -3.37. The largest absolute Gasteiger partial charge is 0.379 e. The minimum atomic E-state index is -3.08. The second-order valence-electron chi connectivity index (χ2n) is 9.32. The number of hydrogen-bond acceptors (Lipinski definition) is 6. The van der Waals surface area contributed by atoms with E-state index in [2.05, 4.69) is 20.1 Å². The van der Waals surface area contributed by atoms with Crippen LogP contribution < -0.4 is 10.6 Å². The van der Waals surface area contributed by atoms with Gasteiger partial charge in [-0.3, -0.25) is 14.8 Å². The maximum absolute atomic E-state index is 15.5. The average molecular weight is 497 g/mol. The van der Waals surface area contributed by atoms with Crippen molar-refractivity contribution in [2.24, 2.45) is 5.73 Å². The number of H-pyrrole nitrogens is 1. The van der Waals surface area contributed by atoms with Crippen molar-refractivity contribution in [3.63, 3.8) is 0 Å². The molecule has 0 aliphatic carbocycles. The van der Waals surface area contributed by atoms with Crippen LogP contribution in [0.25, 0.3) is 22.4 Å². The van der Waals surface area contributed by atoms with E-state index < -0.39 is 11.8 Å². The molecule has 0 atom stereocenters. The number of carbonyl (C=O) groups excluding carboxylic acids is 1. The first-order valence-corrected chi connectivity index (χ1v) is 12.3. The van der Waals surface area contributed by atoms with E-state index in [1.165, 1.54) is 12.1 Å². The molecule has 2 fully saturated rings. The monoisotopic (exact) mass is 496 g/mol. The molecule has 190 valence electrons. The highest BCUT2D eigenvalue weighted by molar-refractivity contribution is 6.00. The van der Waals surface area contributed by atoms with Crippen LogP contribution in [0.4, 0.5) is 14.5 Å². The standard InChI is InChI=1S/C26H30F2N6O2/c27-26(28,17-33-10-12-36-13-11-33)19-4-7-23(34-8-2-1-3-9-34)21(14-19)20-5-6-22(18-15-30-31-16-18)32-24(20)25(29)35/h4-7,14-16H,1-3,8-13,17H2,(H2,29,35)(H,30,31). The van der Waals surface area contributed by atoms with Crippen molar-refractivity contribution in [1.29, 1.82) is 0 Å². The second-order valence-corrected chi connectivity index (χ2v) is 9.32. The highest BCUT2D eigenvalue weighted by atomic mass is 19.3. The molecule has 2 aliphatic rings. The van der Waals surface area contributed by atoms with Crippen LogP contribution in [0.15, 0.2) is 42.7 Å². The number of pyridine rings is 1. The summed E-state index contributed by atoms with van der Waals surface area (Å²) in [5.41, 5.74) is 8.70. The Morgan fingerprint density at radius 1 is 1.06 bits per heavy atom. The first kappa shape index (κ1) is 24.3. The number of halogens is 2. The van der Waals surface area contributed by atoms with Gasteiger partial charge in [-0.15, -0.1) is 0 Å². The molecule has 0 saturated carbocycles. The molecular weight excluding hydrogens is 466 g/mol. The van der Waals surface area contributed by atoms with Gasteiger partial charge in [-0.1, -0.05) is 6.07 Å². The number of rotatable bonds is 7. The van der Waals surface area contributed by atoms with E-state index in [1.807, 2.05) is 0 Å². The molecule has 4 heterocycles. The number of benzene rings is 1. The summed E-state index contributed by atoms with van der Waals surface area (Å²) >= 11 is 0. The maximum atomic E-state index is 15.5. The summed E-state index contributed by atoms with van der Waals surface area (Å²) in [5, 5.41) is 6.66. The lowest BCUT2D eigenvalue weighted by Crippen LogP contribution is -2.42. The van der Waals surface area contributed by atoms with E-state index >= 15 is 8.78 Å². The number of carbonyl (C=O) groups is 1. The predicted octanol–water partition coefficient (Wildman–Crippen LogP) is 3.65. The van der Waals surface area contributed by atoms with E-state index in [1.54, 1.807) is 35.5 Å². The predicted molar refractivity (Wildman–Crippen MR) is 133 cm³/mol. The van der Waals surface area contributed by atoms with Crippen LogP contribution in [0.5, 0.6) is 0 Å². The lowest BCUT2D eigenvalue weighted by Gasteiger charge is -2.33. The van der Waals surface area contributed by atoms with Gasteiger partial charge in [0.2, 0.25) is 0 Å². The van der Waals surface area contributed by atoms with E-state index in [4.69, 9.17) is 10.5 Å². The fraction of sp³-hybridized carbons (Fsp3) is 0.423. The average Bonchev–Trinajstić information content (AvgIpc) is 3.44. The third-order valence-electron chi connectivity index (χ3n) is 6.85. The van der Waals surface area contributed by atoms with E-state index in [9.17, 15) is 4.79 Å². The summed E-state index contributed by atoms with van der Waals surface area (Å²) in [7, 11) is 0. The summed E-state index contributed by atoms with van der Waals surface area (Å²) in [6.07, 6.45) is 6.44. The van der Waals surface area contributed by atoms with Gasteiger partial charge in [0.1, 0.15) is 5.69 Å². The molecule has 10 heteroatoms. The van der Waals surface area contributed by atoms with Gasteiger partial charge >= 0.3 is 0 Å². The molecule has 2 saturated heterocycles. The molecule has 0 radical (unpaired) electrons. The van der Waals surface area contributed by atoms with Crippen LogP contribution in [-0.4, -0.2) is 71.9 Å². The Morgan fingerprint density at radius 3 is 2.53 bits per heavy atom. The molecule has 1 amide bonds. The Balaban J connectivity index is 1.59. The molecular formula is C26H30F2N6O2. The van der Waals surface area contributed by atoms with Gasteiger partial charge in [-0.2, -0.15) is 13.9 Å². The Bertz CT molecular complexity index is 1210. The molecule has 8 nitrogen and oxygen atoms in total. The highest BCUT2D eigenvalue weighted by Gasteiger charge is 2.36. The number of nitrogens with one attached hydrogen (secondary N) is 1. The number of nitrogens with zero attached hydrogens (tertiary/aromatic N) is 4. The molecule has 0 unspecified atom stereocenters. The number of hydrogen-bond donors (Lipinski definition) is 2. The van der Waals surface area contributed by atoms with Gasteiger partial charge < -0.3 is 15.4 Å². The van der Waals surface area contributed by atoms with Crippen LogP contribution in [0.1, 0.15) is 35.3 Å². The molecule has 3 aromatic rings. The highest BCUT2D eigenvalue weighted by Crippen LogP contribution is 2.40. The molecule has 0 bridgehead atoms. The number of alkyl halides is 2. The fourth-order valence-electron chi connectivity index (χ4n) is 4.94. The molecule has 2 aromatic heterocycles. The fourth-order valence-corrected chi connectivity index (χ4v) is 4.94. The number of primary amides is 1. The van der Waals surface area contributed by atoms with Gasteiger partial charge in [-0.05, 0) is 43.5 Å². The zero-order valence-electron chi connectivity index (χ0n) is 20.1. The van der Waals surface area contributed by atoms with Gasteiger partial charge in [0.05, 0.1) is 31.6 Å². The summed E-state index contributed by atoms with van der Waals surface area (Å²) in [6, 6.07) is 8.25. The molecule has 36 heavy (non-hydrogen) atoms. The van der Waals surface area contributed by atoms with Crippen molar-refractivity contribution >= 4 is 11.6 Å². The number of ether oxygens (including phenoxy) is 1. The van der Waals surface area contributed by atoms with Crippen molar-refractivity contribution in [3.05, 3.63) is 54.0 Å². The van der Waals surface area contributed by atoms with Gasteiger partial charge in [0.25, 0.3) is 11.8 Å². The van der Waals surface area contributed by atoms with Crippen molar-refractivity contribution in [3.8, 4) is 22.4 Å². The first-order valence-electron chi connectivity index (χ1n) is 12.3. The summed E-state index contributed by atoms with van der Waals surface area (Å²) in [6.45, 7) is 3.10. The third-order valence-corrected chi connectivity index (χ3v) is 6.85. The minimum absolute atomic E-state index is 0.0422. The Kier molecular flexibility index (Phi) is 6.97. The normalized spacial score (nSPS) is 17.3. The zero-order chi connectivity index (χ0) is 25.1. The maximum Gasteiger partial charge on any atom is 0.285 e. The molecule has 2 aliphatic heterocycles. The quantitative estimate of drug-likeness (QED) is 0.518. The van der Waals surface area contributed by atoms with Crippen LogP contribution in [0.2, 0.25) is 0 Å². The van der Waals surface area contributed by atoms with Crippen LogP contribution in [0, 0.1) is 0 Å². The lowest BCUT2D eigenvalue weighted by molar-refractivity contribution is -0.0616. The van der Waals surface area contributed by atoms with E-state index in [0.717, 1.165) is 38.0 Å². The first-order chi connectivity index (χ1) is 17.4. The number of piperidine rings is 1. The van der Waals surface area contributed by atoms with Crippen molar-refractivity contribution in [1.82, 2.24) is 20.1 Å². The van der Waals surface area contributed by atoms with Crippen LogP contribution in [-0.2, 0) is 10.7 Å². The summed E-state index contributed by atoms with van der Waals surface area (Å²) in [5.74, 6) is -3.80. The number of morpholine rings is 1. The topological polar surface area (TPSA) is 100 Å². The van der Waals surface area contributed by atoms with Gasteiger partial charge in [0, 0.05) is 60.3 Å². The van der Waals surface area contributed by atoms with E-state index in [-0.39, 0.29) is 17.8 Å². The van der Waals surface area contributed by atoms with E-state index in [0.29, 0.717) is 48.7 Å². The Morgan fingerprint density at radius 2 is 1.83 bits per heavy atom. The molecule has 1 aromatic carbocycles. The van der Waals surface area contributed by atoms with Crippen LogP contribution >= 0.6 is 0 Å². The smallest absolute Gasteiger partial charge is 0.285 e. The lowest BCUT2D eigenvalue weighted by atomic mass is 9.94. The SMILES string of the molecule is NC(=O)c1nc(-c2cn[nH]c2)ccc1-c1cc(C(F)(F)CN2CCOCC2)ccc1N1CCCCC1.